The van der Waals surface area contributed by atoms with E-state index in [9.17, 15) is 14.7 Å². The van der Waals surface area contributed by atoms with Crippen molar-refractivity contribution in [2.24, 2.45) is 0 Å². The number of amides is 1. The molecule has 2 heterocycles. The first-order valence-corrected chi connectivity index (χ1v) is 12.0. The first kappa shape index (κ1) is 22.3. The zero-order valence-corrected chi connectivity index (χ0v) is 20.4. The summed E-state index contributed by atoms with van der Waals surface area (Å²) in [4.78, 5) is 32.8. The molecule has 0 saturated carbocycles. The number of halogens is 1. The SMILES string of the molecule is Cc1ccc(/C(O)=C2\C(=O)C(=O)N(c3nc4c(C)cc(C)cc4s3)C2c2ccc(Cl)cc2)cc1. The summed E-state index contributed by atoms with van der Waals surface area (Å²) < 4.78 is 0.933. The molecular formula is C27H21ClN2O3S. The molecule has 1 saturated heterocycles. The number of aliphatic hydroxyl groups excluding tert-OH is 1. The van der Waals surface area contributed by atoms with Gasteiger partial charge in [-0.2, -0.15) is 0 Å². The molecule has 1 unspecified atom stereocenters. The number of nitrogens with zero attached hydrogens (tertiary/aromatic N) is 2. The minimum Gasteiger partial charge on any atom is -0.507 e. The van der Waals surface area contributed by atoms with Gasteiger partial charge in [-0.05, 0) is 55.7 Å². The summed E-state index contributed by atoms with van der Waals surface area (Å²) in [7, 11) is 0. The Morgan fingerprint density at radius 2 is 1.65 bits per heavy atom. The number of hydrogen-bond acceptors (Lipinski definition) is 5. The molecule has 5 nitrogen and oxygen atoms in total. The number of carbonyl (C=O) groups excluding carboxylic acids is 2. The molecule has 170 valence electrons. The first-order valence-electron chi connectivity index (χ1n) is 10.8. The van der Waals surface area contributed by atoms with Crippen molar-refractivity contribution in [3.05, 3.63) is 99.1 Å². The van der Waals surface area contributed by atoms with Crippen LogP contribution >= 0.6 is 22.9 Å². The normalized spacial score (nSPS) is 17.6. The van der Waals surface area contributed by atoms with Gasteiger partial charge in [0.2, 0.25) is 0 Å². The zero-order chi connectivity index (χ0) is 24.1. The molecule has 1 N–H and O–H groups in total. The average Bonchev–Trinajstić information content (AvgIpc) is 3.33. The number of rotatable bonds is 3. The monoisotopic (exact) mass is 488 g/mol. The van der Waals surface area contributed by atoms with Crippen LogP contribution in [0.15, 0.2) is 66.2 Å². The van der Waals surface area contributed by atoms with E-state index >= 15 is 0 Å². The number of aryl methyl sites for hydroxylation is 3. The van der Waals surface area contributed by atoms with Gasteiger partial charge in [-0.25, -0.2) is 4.98 Å². The number of thiazole rings is 1. The summed E-state index contributed by atoms with van der Waals surface area (Å²) in [6.45, 7) is 5.92. The Morgan fingerprint density at radius 3 is 2.32 bits per heavy atom. The maximum Gasteiger partial charge on any atom is 0.301 e. The summed E-state index contributed by atoms with van der Waals surface area (Å²) in [5.74, 6) is -1.68. The van der Waals surface area contributed by atoms with Crippen molar-refractivity contribution in [2.75, 3.05) is 4.90 Å². The molecule has 0 bridgehead atoms. The molecule has 3 aromatic carbocycles. The Kier molecular flexibility index (Phi) is 5.50. The number of aromatic nitrogens is 1. The van der Waals surface area contributed by atoms with E-state index in [0.717, 1.165) is 26.9 Å². The Balaban J connectivity index is 1.74. The van der Waals surface area contributed by atoms with Crippen LogP contribution in [0, 0.1) is 20.8 Å². The summed E-state index contributed by atoms with van der Waals surface area (Å²) in [6, 6.07) is 17.3. The van der Waals surface area contributed by atoms with Gasteiger partial charge in [-0.15, -0.1) is 0 Å². The summed E-state index contributed by atoms with van der Waals surface area (Å²) in [6.07, 6.45) is 0. The minimum absolute atomic E-state index is 0.0309. The fraction of sp³-hybridized carbons (Fsp3) is 0.148. The van der Waals surface area contributed by atoms with Gasteiger partial charge < -0.3 is 5.11 Å². The van der Waals surface area contributed by atoms with Crippen LogP contribution in [0.1, 0.15) is 33.9 Å². The van der Waals surface area contributed by atoms with Crippen LogP contribution < -0.4 is 4.90 Å². The van der Waals surface area contributed by atoms with E-state index in [1.54, 1.807) is 36.4 Å². The van der Waals surface area contributed by atoms with Gasteiger partial charge >= 0.3 is 5.91 Å². The molecule has 5 rings (SSSR count). The van der Waals surface area contributed by atoms with Gasteiger partial charge in [0, 0.05) is 10.6 Å². The van der Waals surface area contributed by atoms with E-state index in [4.69, 9.17) is 16.6 Å². The van der Waals surface area contributed by atoms with Gasteiger partial charge in [0.15, 0.2) is 5.13 Å². The minimum atomic E-state index is -0.833. The number of fused-ring (bicyclic) bond motifs is 1. The molecule has 34 heavy (non-hydrogen) atoms. The topological polar surface area (TPSA) is 70.5 Å². The van der Waals surface area contributed by atoms with Crippen LogP contribution in [-0.4, -0.2) is 21.8 Å². The fourth-order valence-corrected chi connectivity index (χ4v) is 5.61. The lowest BCUT2D eigenvalue weighted by Crippen LogP contribution is -2.29. The molecule has 1 atom stereocenters. The highest BCUT2D eigenvalue weighted by Gasteiger charge is 2.48. The lowest BCUT2D eigenvalue weighted by atomic mass is 9.95. The molecule has 1 fully saturated rings. The predicted molar refractivity (Wildman–Crippen MR) is 137 cm³/mol. The van der Waals surface area contributed by atoms with Gasteiger partial charge in [-0.1, -0.05) is 71.0 Å². The van der Waals surface area contributed by atoms with E-state index in [2.05, 4.69) is 0 Å². The molecule has 1 aliphatic heterocycles. The molecule has 0 spiro atoms. The number of ketones is 1. The van der Waals surface area contributed by atoms with Gasteiger partial charge in [0.25, 0.3) is 5.78 Å². The number of carbonyl (C=O) groups is 2. The highest BCUT2D eigenvalue weighted by atomic mass is 35.5. The molecule has 0 radical (unpaired) electrons. The third kappa shape index (κ3) is 3.69. The number of Topliss-reactive ketones (excluding diaryl/α,β-unsaturated/α-hetero) is 1. The van der Waals surface area contributed by atoms with Gasteiger partial charge in [0.05, 0.1) is 21.8 Å². The second-order valence-electron chi connectivity index (χ2n) is 8.51. The highest BCUT2D eigenvalue weighted by Crippen LogP contribution is 2.44. The third-order valence-electron chi connectivity index (χ3n) is 5.98. The Bertz CT molecular complexity index is 1490. The average molecular weight is 489 g/mol. The van der Waals surface area contributed by atoms with Crippen LogP contribution in [0.25, 0.3) is 16.0 Å². The van der Waals surface area contributed by atoms with Crippen molar-refractivity contribution < 1.29 is 14.7 Å². The van der Waals surface area contributed by atoms with Crippen LogP contribution in [0.2, 0.25) is 5.02 Å². The maximum atomic E-state index is 13.4. The van der Waals surface area contributed by atoms with Gasteiger partial charge in [-0.3, -0.25) is 14.5 Å². The highest BCUT2D eigenvalue weighted by molar-refractivity contribution is 7.22. The van der Waals surface area contributed by atoms with E-state index in [1.807, 2.05) is 45.0 Å². The van der Waals surface area contributed by atoms with Crippen molar-refractivity contribution in [1.29, 1.82) is 0 Å². The lowest BCUT2D eigenvalue weighted by molar-refractivity contribution is -0.132. The maximum absolute atomic E-state index is 13.4. The smallest absolute Gasteiger partial charge is 0.301 e. The first-order chi connectivity index (χ1) is 16.2. The second kappa shape index (κ2) is 8.38. The molecule has 1 aromatic heterocycles. The number of hydrogen-bond donors (Lipinski definition) is 1. The van der Waals surface area contributed by atoms with Crippen LogP contribution in [-0.2, 0) is 9.59 Å². The zero-order valence-electron chi connectivity index (χ0n) is 18.8. The molecule has 0 aliphatic carbocycles. The summed E-state index contributed by atoms with van der Waals surface area (Å²) in [5, 5.41) is 12.2. The van der Waals surface area contributed by atoms with Gasteiger partial charge in [0.1, 0.15) is 5.76 Å². The van der Waals surface area contributed by atoms with Crippen molar-refractivity contribution in [3.8, 4) is 0 Å². The quantitative estimate of drug-likeness (QED) is 0.203. The van der Waals surface area contributed by atoms with Crippen LogP contribution in [0.3, 0.4) is 0 Å². The van der Waals surface area contributed by atoms with E-state index < -0.39 is 17.7 Å². The number of aliphatic hydroxyl groups is 1. The third-order valence-corrected chi connectivity index (χ3v) is 7.23. The summed E-state index contributed by atoms with van der Waals surface area (Å²) in [5.41, 5.74) is 5.06. The number of benzene rings is 3. The Labute approximate surface area is 205 Å². The fourth-order valence-electron chi connectivity index (χ4n) is 4.32. The molecule has 4 aromatic rings. The Morgan fingerprint density at radius 1 is 0.971 bits per heavy atom. The molecule has 1 amide bonds. The van der Waals surface area contributed by atoms with E-state index in [-0.39, 0.29) is 11.3 Å². The Hall–Kier alpha value is -3.48. The molecular weight excluding hydrogens is 468 g/mol. The molecule has 7 heteroatoms. The van der Waals surface area contributed by atoms with Crippen molar-refractivity contribution in [2.45, 2.75) is 26.8 Å². The van der Waals surface area contributed by atoms with E-state index in [1.165, 1.54) is 16.2 Å². The second-order valence-corrected chi connectivity index (χ2v) is 9.96. The number of anilines is 1. The van der Waals surface area contributed by atoms with Crippen LogP contribution in [0.5, 0.6) is 0 Å². The predicted octanol–water partition coefficient (Wildman–Crippen LogP) is 6.50. The molecule has 1 aliphatic rings. The van der Waals surface area contributed by atoms with Crippen molar-refractivity contribution in [1.82, 2.24) is 4.98 Å². The van der Waals surface area contributed by atoms with Crippen LogP contribution in [0.4, 0.5) is 5.13 Å². The summed E-state index contributed by atoms with van der Waals surface area (Å²) >= 11 is 7.46. The largest absolute Gasteiger partial charge is 0.507 e. The lowest BCUT2D eigenvalue weighted by Gasteiger charge is -2.23. The van der Waals surface area contributed by atoms with Crippen molar-refractivity contribution in [3.63, 3.8) is 0 Å². The van der Waals surface area contributed by atoms with Crippen molar-refractivity contribution >= 4 is 55.7 Å². The standard InChI is InChI=1S/C27H21ClN2O3S/c1-14-4-6-18(7-5-14)24(31)21-23(17-8-10-19(28)11-9-17)30(26(33)25(21)32)27-29-22-16(3)12-15(2)13-20(22)34-27/h4-13,23,31H,1-3H3/b24-21+. The van der Waals surface area contributed by atoms with E-state index in [0.29, 0.717) is 21.3 Å².